The molecular weight excluding hydrogens is 432 g/mol. The number of benzene rings is 1. The number of hydrogen-bond donors (Lipinski definition) is 3. The van der Waals surface area contributed by atoms with Crippen molar-refractivity contribution >= 4 is 5.78 Å². The largest absolute Gasteiger partial charge is 0.387 e. The second-order valence-corrected chi connectivity index (χ2v) is 12.2. The van der Waals surface area contributed by atoms with Gasteiger partial charge in [0.15, 0.2) is 11.6 Å². The predicted octanol–water partition coefficient (Wildman–Crippen LogP) is 3.12. The number of epoxide rings is 1. The van der Waals surface area contributed by atoms with E-state index in [1.54, 1.807) is 13.0 Å². The minimum Gasteiger partial charge on any atom is -0.387 e. The van der Waals surface area contributed by atoms with Crippen molar-refractivity contribution in [3.05, 3.63) is 47.0 Å². The van der Waals surface area contributed by atoms with Gasteiger partial charge in [0.25, 0.3) is 0 Å². The molecule has 6 nitrogen and oxygen atoms in total. The zero-order valence-electron chi connectivity index (χ0n) is 20.5. The molecule has 2 saturated heterocycles. The van der Waals surface area contributed by atoms with Gasteiger partial charge < -0.3 is 24.8 Å². The lowest BCUT2D eigenvalue weighted by Crippen LogP contribution is -2.64. The van der Waals surface area contributed by atoms with E-state index in [9.17, 15) is 20.1 Å². The highest BCUT2D eigenvalue weighted by atomic mass is 16.6. The molecule has 3 aliphatic carbocycles. The van der Waals surface area contributed by atoms with Gasteiger partial charge in [-0.25, -0.2) is 0 Å². The van der Waals surface area contributed by atoms with Gasteiger partial charge >= 0.3 is 0 Å². The highest BCUT2D eigenvalue weighted by Crippen LogP contribution is 2.69. The Morgan fingerprint density at radius 2 is 1.88 bits per heavy atom. The molecule has 0 aromatic heterocycles. The van der Waals surface area contributed by atoms with Gasteiger partial charge in [-0.1, -0.05) is 31.2 Å². The first-order valence-electron chi connectivity index (χ1n) is 12.7. The summed E-state index contributed by atoms with van der Waals surface area (Å²) in [6.07, 6.45) is 7.44. The molecule has 9 atom stereocenters. The van der Waals surface area contributed by atoms with Crippen LogP contribution < -0.4 is 0 Å². The lowest BCUT2D eigenvalue weighted by molar-refractivity contribution is -0.325. The van der Waals surface area contributed by atoms with Crippen molar-refractivity contribution in [3.63, 3.8) is 0 Å². The number of rotatable bonds is 2. The number of ether oxygens (including phenoxy) is 2. The van der Waals surface area contributed by atoms with Crippen LogP contribution in [0, 0.1) is 11.3 Å². The molecule has 1 aromatic carbocycles. The van der Waals surface area contributed by atoms with Crippen molar-refractivity contribution < 1.29 is 29.6 Å². The van der Waals surface area contributed by atoms with Gasteiger partial charge in [-0.05, 0) is 81.1 Å². The molecule has 0 bridgehead atoms. The molecule has 5 aliphatic rings. The summed E-state index contributed by atoms with van der Waals surface area (Å²) in [6.45, 7) is 6.98. The Balaban J connectivity index is 1.30. The molecule has 1 spiro atoms. The van der Waals surface area contributed by atoms with Crippen LogP contribution >= 0.6 is 0 Å². The quantitative estimate of drug-likeness (QED) is 0.577. The van der Waals surface area contributed by atoms with E-state index in [4.69, 9.17) is 9.47 Å². The standard InChI is InChI=1S/C28H36O6/c1-16(28(32)14-24(2,30)25(3,31)15-33-28)17-7-9-19-18(12-17)8-10-21-20(19)13-23-27(34-23)11-5-6-22(29)26(21,27)4/h5-7,9,12,16,20-21,23,30-32H,8,10-11,13-15H2,1-4H3/t16-,20-,21-,23-,24+,25+,26-,27-,28+/m0/s1. The Morgan fingerprint density at radius 1 is 1.12 bits per heavy atom. The fourth-order valence-electron chi connectivity index (χ4n) is 7.64. The first kappa shape index (κ1) is 22.9. The molecule has 6 rings (SSSR count). The maximum absolute atomic E-state index is 13.2. The minimum atomic E-state index is -1.57. The van der Waals surface area contributed by atoms with Crippen LogP contribution in [0.5, 0.6) is 0 Å². The second kappa shape index (κ2) is 6.80. The van der Waals surface area contributed by atoms with Crippen LogP contribution in [-0.4, -0.2) is 56.4 Å². The number of allylic oxidation sites excluding steroid dienone is 1. The fraction of sp³-hybridized carbons (Fsp3) is 0.679. The predicted molar refractivity (Wildman–Crippen MR) is 125 cm³/mol. The van der Waals surface area contributed by atoms with Crippen LogP contribution in [-0.2, 0) is 20.7 Å². The van der Waals surface area contributed by atoms with Crippen LogP contribution in [0.2, 0.25) is 0 Å². The number of carbonyl (C=O) groups is 1. The van der Waals surface area contributed by atoms with E-state index in [1.165, 1.54) is 18.1 Å². The zero-order valence-corrected chi connectivity index (χ0v) is 20.5. The summed E-state index contributed by atoms with van der Waals surface area (Å²) in [5.74, 6) is -1.19. The molecule has 3 N–H and O–H groups in total. The molecular formula is C28H36O6. The maximum atomic E-state index is 13.2. The van der Waals surface area contributed by atoms with E-state index in [0.717, 1.165) is 31.2 Å². The monoisotopic (exact) mass is 468 g/mol. The molecule has 1 saturated carbocycles. The van der Waals surface area contributed by atoms with Gasteiger partial charge in [0, 0.05) is 12.3 Å². The van der Waals surface area contributed by atoms with Crippen molar-refractivity contribution in [2.45, 2.75) is 100 Å². The highest BCUT2D eigenvalue weighted by Gasteiger charge is 2.75. The zero-order chi connectivity index (χ0) is 24.3. The first-order chi connectivity index (χ1) is 15.8. The lowest BCUT2D eigenvalue weighted by atomic mass is 9.49. The highest BCUT2D eigenvalue weighted by molar-refractivity contribution is 5.98. The minimum absolute atomic E-state index is 0.0783. The van der Waals surface area contributed by atoms with Crippen molar-refractivity contribution in [2.75, 3.05) is 6.61 Å². The molecule has 1 aromatic rings. The van der Waals surface area contributed by atoms with E-state index in [-0.39, 0.29) is 42.4 Å². The molecule has 2 heterocycles. The number of hydrogen-bond acceptors (Lipinski definition) is 6. The first-order valence-corrected chi connectivity index (χ1v) is 12.7. The summed E-state index contributed by atoms with van der Waals surface area (Å²) in [6, 6.07) is 6.38. The number of aryl methyl sites for hydroxylation is 1. The Bertz CT molecular complexity index is 1090. The third-order valence-corrected chi connectivity index (χ3v) is 10.4. The molecule has 3 fully saturated rings. The Labute approximate surface area is 201 Å². The summed E-state index contributed by atoms with van der Waals surface area (Å²) < 4.78 is 12.0. The number of aliphatic hydroxyl groups is 3. The topological polar surface area (TPSA) is 99.5 Å². The summed E-state index contributed by atoms with van der Waals surface area (Å²) >= 11 is 0. The molecule has 0 unspecified atom stereocenters. The summed E-state index contributed by atoms with van der Waals surface area (Å²) in [5, 5.41) is 32.6. The van der Waals surface area contributed by atoms with Crippen molar-refractivity contribution in [3.8, 4) is 0 Å². The average Bonchev–Trinajstić information content (AvgIpc) is 3.49. The summed E-state index contributed by atoms with van der Waals surface area (Å²) in [4.78, 5) is 13.2. The summed E-state index contributed by atoms with van der Waals surface area (Å²) in [7, 11) is 0. The Hall–Kier alpha value is -1.57. The van der Waals surface area contributed by atoms with Crippen LogP contribution in [0.4, 0.5) is 0 Å². The normalized spacial score (nSPS) is 50.0. The molecule has 6 heteroatoms. The van der Waals surface area contributed by atoms with Crippen molar-refractivity contribution in [2.24, 2.45) is 11.3 Å². The number of ketones is 1. The van der Waals surface area contributed by atoms with E-state index in [2.05, 4.69) is 25.1 Å². The van der Waals surface area contributed by atoms with Crippen molar-refractivity contribution in [1.82, 2.24) is 0 Å². The van der Waals surface area contributed by atoms with Crippen molar-refractivity contribution in [1.29, 1.82) is 0 Å². The lowest BCUT2D eigenvalue weighted by Gasteiger charge is -2.51. The molecule has 184 valence electrons. The second-order valence-electron chi connectivity index (χ2n) is 12.2. The van der Waals surface area contributed by atoms with E-state index in [1.807, 2.05) is 13.0 Å². The van der Waals surface area contributed by atoms with Gasteiger partial charge in [-0.3, -0.25) is 4.79 Å². The van der Waals surface area contributed by atoms with E-state index in [0.29, 0.717) is 5.92 Å². The van der Waals surface area contributed by atoms with E-state index < -0.39 is 22.4 Å². The smallest absolute Gasteiger partial charge is 0.175 e. The van der Waals surface area contributed by atoms with Crippen LogP contribution in [0.1, 0.15) is 81.9 Å². The van der Waals surface area contributed by atoms with Gasteiger partial charge in [0.05, 0.1) is 23.7 Å². The van der Waals surface area contributed by atoms with Crippen LogP contribution in [0.25, 0.3) is 0 Å². The van der Waals surface area contributed by atoms with Gasteiger partial charge in [-0.15, -0.1) is 0 Å². The molecule has 0 amide bonds. The van der Waals surface area contributed by atoms with Gasteiger partial charge in [-0.2, -0.15) is 0 Å². The van der Waals surface area contributed by atoms with Gasteiger partial charge in [0.1, 0.15) is 11.2 Å². The number of fused-ring (bicyclic) bond motifs is 4. The maximum Gasteiger partial charge on any atom is 0.175 e. The van der Waals surface area contributed by atoms with Crippen LogP contribution in [0.3, 0.4) is 0 Å². The molecule has 2 aliphatic heterocycles. The number of carbonyl (C=O) groups excluding carboxylic acids is 1. The van der Waals surface area contributed by atoms with Gasteiger partial charge in [0.2, 0.25) is 0 Å². The van der Waals surface area contributed by atoms with E-state index >= 15 is 0 Å². The third kappa shape index (κ3) is 2.78. The average molecular weight is 469 g/mol. The summed E-state index contributed by atoms with van der Waals surface area (Å²) in [5.41, 5.74) is -0.144. The Morgan fingerprint density at radius 3 is 2.62 bits per heavy atom. The SMILES string of the molecule is C[C@@H](c1ccc2c(c1)CC[C@H]1[C@H]2C[C@@H]2O[C@@]23CC=CC(=O)[C@]13C)[C@@]1(O)C[C@@](C)(O)[C@](C)(O)CO1. The molecule has 34 heavy (non-hydrogen) atoms. The molecule has 0 radical (unpaired) electrons. The van der Waals surface area contributed by atoms with Crippen LogP contribution in [0.15, 0.2) is 30.4 Å². The fourth-order valence-corrected chi connectivity index (χ4v) is 7.64. The third-order valence-electron chi connectivity index (χ3n) is 10.4. The Kier molecular flexibility index (Phi) is 4.57.